The summed E-state index contributed by atoms with van der Waals surface area (Å²) >= 11 is 0. The van der Waals surface area contributed by atoms with Crippen LogP contribution in [0.3, 0.4) is 0 Å². The Hall–Kier alpha value is -3.33. The van der Waals surface area contributed by atoms with Crippen LogP contribution in [0, 0.1) is 5.92 Å². The highest BCUT2D eigenvalue weighted by Crippen LogP contribution is 2.35. The predicted molar refractivity (Wildman–Crippen MR) is 120 cm³/mol. The molecule has 3 atom stereocenters. The highest BCUT2D eigenvalue weighted by atomic mass is 16.5. The minimum Gasteiger partial charge on any atom is -0.485 e. The lowest BCUT2D eigenvalue weighted by atomic mass is 9.99. The maximum absolute atomic E-state index is 13.4. The van der Waals surface area contributed by atoms with Gasteiger partial charge >= 0.3 is 6.09 Å². The molecule has 0 radical (unpaired) electrons. The second-order valence-corrected chi connectivity index (χ2v) is 8.18. The van der Waals surface area contributed by atoms with Crippen LogP contribution in [0.15, 0.2) is 42.7 Å². The molecule has 0 unspecified atom stereocenters. The van der Waals surface area contributed by atoms with Crippen LogP contribution in [-0.2, 0) is 6.54 Å². The van der Waals surface area contributed by atoms with Crippen molar-refractivity contribution in [3.8, 4) is 5.75 Å². The summed E-state index contributed by atoms with van der Waals surface area (Å²) in [7, 11) is 1.49. The molecule has 3 rings (SSSR count). The monoisotopic (exact) mass is 442 g/mol. The van der Waals surface area contributed by atoms with Crippen LogP contribution in [0.1, 0.15) is 29.8 Å². The molecule has 1 aromatic carbocycles. The van der Waals surface area contributed by atoms with E-state index in [2.05, 4.69) is 10.3 Å². The van der Waals surface area contributed by atoms with Crippen LogP contribution in [0.5, 0.6) is 5.75 Å². The second kappa shape index (κ2) is 10.3. The standard InChI is InChI=1S/C23H30N4O5/c1-15-12-27(16(2)14-28)22(29)18-5-4-6-19(25-11-17-7-9-24-10-8-17)21(18)32-20(15)13-26(3)23(30)31/h4-10,15-16,20,25,28H,11-14H2,1-3H3,(H,30,31)/t15-,16+,20+/m1/s1. The fourth-order valence-electron chi connectivity index (χ4n) is 3.65. The number of aliphatic hydroxyl groups is 1. The van der Waals surface area contributed by atoms with Gasteiger partial charge in [0.15, 0.2) is 5.75 Å². The van der Waals surface area contributed by atoms with Crippen LogP contribution in [0.2, 0.25) is 0 Å². The number of hydrogen-bond acceptors (Lipinski definition) is 6. The number of carboxylic acid groups (broad SMARTS) is 1. The van der Waals surface area contributed by atoms with E-state index < -0.39 is 12.2 Å². The Morgan fingerprint density at radius 1 is 1.34 bits per heavy atom. The average molecular weight is 443 g/mol. The first-order chi connectivity index (χ1) is 15.3. The molecule has 3 N–H and O–H groups in total. The molecule has 1 aromatic heterocycles. The van der Waals surface area contributed by atoms with Crippen LogP contribution in [0.25, 0.3) is 0 Å². The summed E-state index contributed by atoms with van der Waals surface area (Å²) in [6.45, 7) is 4.52. The average Bonchev–Trinajstić information content (AvgIpc) is 2.79. The van der Waals surface area contributed by atoms with Gasteiger partial charge in [-0.3, -0.25) is 9.78 Å². The fraction of sp³-hybridized carbons (Fsp3) is 0.435. The quantitative estimate of drug-likeness (QED) is 0.603. The summed E-state index contributed by atoms with van der Waals surface area (Å²) in [5, 5.41) is 22.4. The van der Waals surface area contributed by atoms with Gasteiger partial charge in [-0.2, -0.15) is 0 Å². The van der Waals surface area contributed by atoms with E-state index in [4.69, 9.17) is 4.74 Å². The number of aliphatic hydroxyl groups excluding tert-OH is 1. The Balaban J connectivity index is 1.99. The number of likely N-dealkylation sites (N-methyl/N-ethyl adjacent to an activating group) is 1. The van der Waals surface area contributed by atoms with Crippen LogP contribution in [-0.4, -0.2) is 75.9 Å². The maximum atomic E-state index is 13.4. The van der Waals surface area contributed by atoms with E-state index in [0.717, 1.165) is 5.56 Å². The van der Waals surface area contributed by atoms with Gasteiger partial charge in [0.25, 0.3) is 5.91 Å². The number of pyridine rings is 1. The molecule has 0 aliphatic carbocycles. The van der Waals surface area contributed by atoms with Crippen molar-refractivity contribution >= 4 is 17.7 Å². The van der Waals surface area contributed by atoms with E-state index >= 15 is 0 Å². The van der Waals surface area contributed by atoms with Crippen LogP contribution in [0.4, 0.5) is 10.5 Å². The SMILES string of the molecule is C[C@@H]1CN([C@@H](C)CO)C(=O)c2cccc(NCc3ccncc3)c2O[C@H]1CN(C)C(=O)O. The van der Waals surface area contributed by atoms with Gasteiger partial charge in [0, 0.05) is 38.4 Å². The highest BCUT2D eigenvalue weighted by molar-refractivity contribution is 5.99. The van der Waals surface area contributed by atoms with Gasteiger partial charge in [0.1, 0.15) is 6.10 Å². The van der Waals surface area contributed by atoms with Gasteiger partial charge in [-0.15, -0.1) is 0 Å². The Morgan fingerprint density at radius 2 is 2.06 bits per heavy atom. The first-order valence-electron chi connectivity index (χ1n) is 10.6. The zero-order valence-electron chi connectivity index (χ0n) is 18.6. The van der Waals surface area contributed by atoms with E-state index in [1.54, 1.807) is 36.4 Å². The molecular formula is C23H30N4O5. The number of fused-ring (bicyclic) bond motifs is 1. The van der Waals surface area contributed by atoms with E-state index in [-0.39, 0.29) is 31.0 Å². The van der Waals surface area contributed by atoms with Gasteiger partial charge in [0.2, 0.25) is 0 Å². The van der Waals surface area contributed by atoms with E-state index in [0.29, 0.717) is 30.1 Å². The van der Waals surface area contributed by atoms with Crippen molar-refractivity contribution in [2.24, 2.45) is 5.92 Å². The molecule has 0 saturated heterocycles. The zero-order chi connectivity index (χ0) is 23.3. The number of nitrogens with zero attached hydrogens (tertiary/aromatic N) is 3. The zero-order valence-corrected chi connectivity index (χ0v) is 18.6. The normalized spacial score (nSPS) is 19.2. The molecule has 0 saturated carbocycles. The van der Waals surface area contributed by atoms with Gasteiger partial charge in [-0.1, -0.05) is 13.0 Å². The summed E-state index contributed by atoms with van der Waals surface area (Å²) in [4.78, 5) is 31.7. The summed E-state index contributed by atoms with van der Waals surface area (Å²) in [5.41, 5.74) is 2.03. The summed E-state index contributed by atoms with van der Waals surface area (Å²) in [6.07, 6.45) is 1.88. The predicted octanol–water partition coefficient (Wildman–Crippen LogP) is 2.52. The molecule has 0 bridgehead atoms. The molecule has 9 heteroatoms. The number of para-hydroxylation sites is 1. The lowest BCUT2D eigenvalue weighted by Gasteiger charge is -2.38. The highest BCUT2D eigenvalue weighted by Gasteiger charge is 2.34. The van der Waals surface area contributed by atoms with Crippen molar-refractivity contribution in [3.63, 3.8) is 0 Å². The molecule has 9 nitrogen and oxygen atoms in total. The topological polar surface area (TPSA) is 115 Å². The molecule has 2 aromatic rings. The molecule has 2 heterocycles. The maximum Gasteiger partial charge on any atom is 0.407 e. The van der Waals surface area contributed by atoms with Gasteiger partial charge < -0.3 is 30.1 Å². The first-order valence-corrected chi connectivity index (χ1v) is 10.6. The summed E-state index contributed by atoms with van der Waals surface area (Å²) < 4.78 is 6.33. The molecule has 172 valence electrons. The minimum absolute atomic E-state index is 0.143. The molecule has 0 fully saturated rings. The third-order valence-corrected chi connectivity index (χ3v) is 5.70. The molecule has 1 aliphatic rings. The smallest absolute Gasteiger partial charge is 0.407 e. The van der Waals surface area contributed by atoms with Crippen molar-refractivity contribution in [2.45, 2.75) is 32.5 Å². The fourth-order valence-corrected chi connectivity index (χ4v) is 3.65. The lowest BCUT2D eigenvalue weighted by molar-refractivity contribution is 0.0349. The van der Waals surface area contributed by atoms with E-state index in [1.165, 1.54) is 11.9 Å². The number of carbonyl (C=O) groups excluding carboxylic acids is 1. The number of anilines is 1. The molecule has 32 heavy (non-hydrogen) atoms. The van der Waals surface area contributed by atoms with Gasteiger partial charge in [0.05, 0.1) is 30.4 Å². The molecular weight excluding hydrogens is 412 g/mol. The first kappa shape index (κ1) is 23.3. The van der Waals surface area contributed by atoms with E-state index in [9.17, 15) is 19.8 Å². The largest absolute Gasteiger partial charge is 0.485 e. The Bertz CT molecular complexity index is 939. The van der Waals surface area contributed by atoms with Crippen LogP contribution < -0.4 is 10.1 Å². The number of nitrogens with one attached hydrogen (secondary N) is 1. The number of ether oxygens (including phenoxy) is 1. The Morgan fingerprint density at radius 3 is 2.72 bits per heavy atom. The molecule has 2 amide bonds. The Labute approximate surface area is 187 Å². The van der Waals surface area contributed by atoms with Crippen LogP contribution >= 0.6 is 0 Å². The third-order valence-electron chi connectivity index (χ3n) is 5.70. The number of hydrogen-bond donors (Lipinski definition) is 3. The lowest BCUT2D eigenvalue weighted by Crippen LogP contribution is -2.50. The molecule has 1 aliphatic heterocycles. The second-order valence-electron chi connectivity index (χ2n) is 8.18. The Kier molecular flexibility index (Phi) is 7.53. The van der Waals surface area contributed by atoms with Gasteiger partial charge in [-0.05, 0) is 36.8 Å². The van der Waals surface area contributed by atoms with Gasteiger partial charge in [-0.25, -0.2) is 4.79 Å². The van der Waals surface area contributed by atoms with Crippen molar-refractivity contribution in [2.75, 3.05) is 32.1 Å². The number of aromatic nitrogens is 1. The van der Waals surface area contributed by atoms with Crippen molar-refractivity contribution in [3.05, 3.63) is 53.9 Å². The molecule has 0 spiro atoms. The summed E-state index contributed by atoms with van der Waals surface area (Å²) in [6, 6.07) is 8.70. The van der Waals surface area contributed by atoms with E-state index in [1.807, 2.05) is 25.1 Å². The number of carbonyl (C=O) groups is 2. The number of benzene rings is 1. The number of amides is 2. The minimum atomic E-state index is -1.05. The summed E-state index contributed by atoms with van der Waals surface area (Å²) in [5.74, 6) is -0.0146. The third kappa shape index (κ3) is 5.28. The van der Waals surface area contributed by atoms with Crippen molar-refractivity contribution < 1.29 is 24.5 Å². The number of rotatable bonds is 7. The van der Waals surface area contributed by atoms with Crippen molar-refractivity contribution in [1.82, 2.24) is 14.8 Å². The van der Waals surface area contributed by atoms with Crippen molar-refractivity contribution in [1.29, 1.82) is 0 Å².